The lowest BCUT2D eigenvalue weighted by Gasteiger charge is -2.00. The maximum atomic E-state index is 11.7. The molecule has 0 bridgehead atoms. The van der Waals surface area contributed by atoms with Crippen molar-refractivity contribution in [2.45, 2.75) is 13.5 Å². The molecule has 1 amide bonds. The third-order valence-corrected chi connectivity index (χ3v) is 3.77. The van der Waals surface area contributed by atoms with Gasteiger partial charge in [-0.1, -0.05) is 0 Å². The van der Waals surface area contributed by atoms with Crippen molar-refractivity contribution in [2.75, 3.05) is 0 Å². The summed E-state index contributed by atoms with van der Waals surface area (Å²) < 4.78 is 0. The van der Waals surface area contributed by atoms with E-state index in [0.29, 0.717) is 6.54 Å². The van der Waals surface area contributed by atoms with Crippen molar-refractivity contribution in [3.8, 4) is 0 Å². The first-order valence-electron chi connectivity index (χ1n) is 4.60. The van der Waals surface area contributed by atoms with E-state index in [-0.39, 0.29) is 5.91 Å². The number of amides is 1. The highest BCUT2D eigenvalue weighted by molar-refractivity contribution is 7.12. The van der Waals surface area contributed by atoms with Crippen molar-refractivity contribution in [1.82, 2.24) is 5.32 Å². The van der Waals surface area contributed by atoms with Crippen LogP contribution in [0.15, 0.2) is 28.3 Å². The number of carbonyl (C=O) groups is 1. The lowest BCUT2D eigenvalue weighted by Crippen LogP contribution is -2.21. The van der Waals surface area contributed by atoms with Gasteiger partial charge in [-0.3, -0.25) is 4.79 Å². The maximum Gasteiger partial charge on any atom is 0.261 e. The molecule has 2 rings (SSSR count). The Bertz CT molecular complexity index is 445. The van der Waals surface area contributed by atoms with Crippen LogP contribution < -0.4 is 5.32 Å². The summed E-state index contributed by atoms with van der Waals surface area (Å²) in [6, 6.07) is 3.93. The molecule has 2 heterocycles. The second-order valence-electron chi connectivity index (χ2n) is 3.30. The smallest absolute Gasteiger partial charge is 0.261 e. The summed E-state index contributed by atoms with van der Waals surface area (Å²) in [7, 11) is 0. The van der Waals surface area contributed by atoms with Gasteiger partial charge in [-0.2, -0.15) is 11.3 Å². The monoisotopic (exact) mass is 237 g/mol. The van der Waals surface area contributed by atoms with Gasteiger partial charge in [0.05, 0.1) is 4.88 Å². The second-order valence-corrected chi connectivity index (χ2v) is 4.99. The van der Waals surface area contributed by atoms with Crippen molar-refractivity contribution in [2.24, 2.45) is 0 Å². The minimum atomic E-state index is 0.0132. The maximum absolute atomic E-state index is 11.7. The molecule has 0 spiro atoms. The van der Waals surface area contributed by atoms with Gasteiger partial charge >= 0.3 is 0 Å². The van der Waals surface area contributed by atoms with Gasteiger partial charge < -0.3 is 5.32 Å². The second kappa shape index (κ2) is 4.59. The summed E-state index contributed by atoms with van der Waals surface area (Å²) in [6.45, 7) is 2.60. The third-order valence-electron chi connectivity index (χ3n) is 1.99. The fourth-order valence-corrected chi connectivity index (χ4v) is 2.70. The third kappa shape index (κ3) is 2.67. The molecule has 2 nitrogen and oxygen atoms in total. The Balaban J connectivity index is 1.93. The van der Waals surface area contributed by atoms with Crippen molar-refractivity contribution >= 4 is 28.6 Å². The van der Waals surface area contributed by atoms with Crippen molar-refractivity contribution in [1.29, 1.82) is 0 Å². The fourth-order valence-electron chi connectivity index (χ4n) is 1.21. The molecule has 0 aromatic carbocycles. The Hall–Kier alpha value is -1.13. The Morgan fingerprint density at radius 1 is 1.47 bits per heavy atom. The van der Waals surface area contributed by atoms with E-state index in [2.05, 4.69) is 5.32 Å². The molecule has 0 unspecified atom stereocenters. The van der Waals surface area contributed by atoms with E-state index in [1.165, 1.54) is 11.3 Å². The largest absolute Gasteiger partial charge is 0.347 e. The van der Waals surface area contributed by atoms with Crippen LogP contribution >= 0.6 is 22.7 Å². The van der Waals surface area contributed by atoms with Crippen LogP contribution in [0.1, 0.15) is 20.8 Å². The van der Waals surface area contributed by atoms with Gasteiger partial charge in [-0.05, 0) is 46.3 Å². The van der Waals surface area contributed by atoms with E-state index in [0.717, 1.165) is 16.0 Å². The Kier molecular flexibility index (Phi) is 3.18. The number of carbonyl (C=O) groups excluding carboxylic acids is 1. The quantitative estimate of drug-likeness (QED) is 0.873. The molecule has 0 radical (unpaired) electrons. The lowest BCUT2D eigenvalue weighted by atomic mass is 10.3. The molecule has 78 valence electrons. The zero-order valence-corrected chi connectivity index (χ0v) is 9.95. The Labute approximate surface area is 96.6 Å². The topological polar surface area (TPSA) is 29.1 Å². The molecule has 1 N–H and O–H groups in total. The van der Waals surface area contributed by atoms with Gasteiger partial charge in [0.25, 0.3) is 5.91 Å². The van der Waals surface area contributed by atoms with Crippen LogP contribution in [-0.2, 0) is 6.54 Å². The first-order valence-corrected chi connectivity index (χ1v) is 6.42. The molecule has 0 aliphatic carbocycles. The van der Waals surface area contributed by atoms with E-state index in [1.54, 1.807) is 11.3 Å². The van der Waals surface area contributed by atoms with Crippen molar-refractivity contribution < 1.29 is 4.79 Å². The molecular formula is C11H11NOS2. The molecule has 0 fully saturated rings. The highest BCUT2D eigenvalue weighted by atomic mass is 32.1. The summed E-state index contributed by atoms with van der Waals surface area (Å²) in [5.74, 6) is 0.0132. The molecular weight excluding hydrogens is 226 g/mol. The predicted molar refractivity (Wildman–Crippen MR) is 64.5 cm³/mol. The minimum absolute atomic E-state index is 0.0132. The Morgan fingerprint density at radius 3 is 2.93 bits per heavy atom. The van der Waals surface area contributed by atoms with Crippen LogP contribution in [0.25, 0.3) is 0 Å². The average Bonchev–Trinajstić information content (AvgIpc) is 2.84. The number of hydrogen-bond acceptors (Lipinski definition) is 3. The summed E-state index contributed by atoms with van der Waals surface area (Å²) in [5.41, 5.74) is 2.29. The minimum Gasteiger partial charge on any atom is -0.347 e. The summed E-state index contributed by atoms with van der Waals surface area (Å²) in [6.07, 6.45) is 0. The zero-order chi connectivity index (χ0) is 10.7. The van der Waals surface area contributed by atoms with Crippen LogP contribution in [0.3, 0.4) is 0 Å². The van der Waals surface area contributed by atoms with Crippen molar-refractivity contribution in [3.05, 3.63) is 44.3 Å². The molecule has 0 atom stereocenters. The molecule has 0 saturated carbocycles. The van der Waals surface area contributed by atoms with Crippen LogP contribution in [0.4, 0.5) is 0 Å². The lowest BCUT2D eigenvalue weighted by molar-refractivity contribution is 0.0955. The van der Waals surface area contributed by atoms with Gasteiger partial charge in [-0.15, -0.1) is 11.3 Å². The zero-order valence-electron chi connectivity index (χ0n) is 8.32. The molecule has 0 aliphatic rings. The highest BCUT2D eigenvalue weighted by Gasteiger charge is 2.06. The number of hydrogen-bond donors (Lipinski definition) is 1. The summed E-state index contributed by atoms with van der Waals surface area (Å²) in [4.78, 5) is 12.4. The average molecular weight is 237 g/mol. The fraction of sp³-hybridized carbons (Fsp3) is 0.182. The van der Waals surface area contributed by atoms with Crippen LogP contribution in [0, 0.1) is 6.92 Å². The molecule has 0 saturated heterocycles. The van der Waals surface area contributed by atoms with Crippen LogP contribution in [0.2, 0.25) is 0 Å². The Morgan fingerprint density at radius 2 is 2.33 bits per heavy atom. The number of nitrogens with one attached hydrogen (secondary N) is 1. The van der Waals surface area contributed by atoms with Crippen LogP contribution in [0.5, 0.6) is 0 Å². The van der Waals surface area contributed by atoms with Gasteiger partial charge in [-0.25, -0.2) is 0 Å². The molecule has 2 aromatic rings. The van der Waals surface area contributed by atoms with E-state index >= 15 is 0 Å². The van der Waals surface area contributed by atoms with Crippen LogP contribution in [-0.4, -0.2) is 5.91 Å². The molecule has 0 aliphatic heterocycles. The number of aryl methyl sites for hydroxylation is 1. The van der Waals surface area contributed by atoms with Gasteiger partial charge in [0.2, 0.25) is 0 Å². The standard InChI is InChI=1S/C11H11NOS2/c1-8-4-10(15-6-8)11(13)12-5-9-2-3-14-7-9/h2-4,6-7H,5H2,1H3,(H,12,13). The van der Waals surface area contributed by atoms with E-state index in [1.807, 2.05) is 35.2 Å². The van der Waals surface area contributed by atoms with E-state index in [9.17, 15) is 4.79 Å². The first kappa shape index (κ1) is 10.4. The van der Waals surface area contributed by atoms with E-state index in [4.69, 9.17) is 0 Å². The first-order chi connectivity index (χ1) is 7.25. The summed E-state index contributed by atoms with van der Waals surface area (Å²) >= 11 is 3.13. The predicted octanol–water partition coefficient (Wildman–Crippen LogP) is 3.05. The number of thiophene rings is 2. The SMILES string of the molecule is Cc1csc(C(=O)NCc2ccsc2)c1. The number of rotatable bonds is 3. The molecule has 2 aromatic heterocycles. The molecule has 4 heteroatoms. The molecule has 15 heavy (non-hydrogen) atoms. The van der Waals surface area contributed by atoms with Gasteiger partial charge in [0.15, 0.2) is 0 Å². The van der Waals surface area contributed by atoms with E-state index < -0.39 is 0 Å². The highest BCUT2D eigenvalue weighted by Crippen LogP contribution is 2.13. The van der Waals surface area contributed by atoms with Crippen molar-refractivity contribution in [3.63, 3.8) is 0 Å². The van der Waals surface area contributed by atoms with Gasteiger partial charge in [0, 0.05) is 6.54 Å². The van der Waals surface area contributed by atoms with Gasteiger partial charge in [0.1, 0.15) is 0 Å². The normalized spacial score (nSPS) is 10.2. The summed E-state index contributed by atoms with van der Waals surface area (Å²) in [5, 5.41) is 8.93.